The van der Waals surface area contributed by atoms with Gasteiger partial charge in [0.05, 0.1) is 0 Å². The van der Waals surface area contributed by atoms with Gasteiger partial charge in [-0.2, -0.15) is 0 Å². The van der Waals surface area contributed by atoms with E-state index in [1.807, 2.05) is 11.3 Å². The predicted octanol–water partition coefficient (Wildman–Crippen LogP) is 8.49. The van der Waals surface area contributed by atoms with Crippen LogP contribution in [0.4, 0.5) is 0 Å². The van der Waals surface area contributed by atoms with Crippen molar-refractivity contribution in [3.05, 3.63) is 29.1 Å². The van der Waals surface area contributed by atoms with E-state index in [0.717, 1.165) is 0 Å². The molecule has 3 heteroatoms. The summed E-state index contributed by atoms with van der Waals surface area (Å²) in [5.41, 5.74) is 0. The number of rotatable bonds is 13. The summed E-state index contributed by atoms with van der Waals surface area (Å²) < 4.78 is 1.69. The van der Waals surface area contributed by atoms with Crippen LogP contribution in [0.1, 0.15) is 76.0 Å². The van der Waals surface area contributed by atoms with E-state index < -0.39 is 18.4 Å². The molecule has 0 nitrogen and oxygen atoms in total. The van der Waals surface area contributed by atoms with Gasteiger partial charge >= 0.3 is 136 Å². The number of aryl methyl sites for hydroxylation is 1. The van der Waals surface area contributed by atoms with Crippen molar-refractivity contribution in [2.24, 2.45) is 0 Å². The van der Waals surface area contributed by atoms with Crippen molar-refractivity contribution >= 4 is 43.9 Å². The first-order valence-corrected chi connectivity index (χ1v) is 22.3. The van der Waals surface area contributed by atoms with Gasteiger partial charge in [0.15, 0.2) is 0 Å². The van der Waals surface area contributed by atoms with Gasteiger partial charge < -0.3 is 0 Å². The molecule has 0 bridgehead atoms. The van der Waals surface area contributed by atoms with E-state index >= 15 is 0 Å². The molecular formula is C23H38S2Sn. The standard InChI is InChI=1S/C20H29S2.3CH3.Sn/c1-2-3-4-5-6-7-8-9-10-11-13-18-15-16-20(22-18)19-14-12-17-21-19;;;;/h12,14-16H,2-11,13H2,1H3;3*1H3;. The van der Waals surface area contributed by atoms with Crippen LogP contribution < -0.4 is 2.89 Å². The molecule has 0 saturated carbocycles. The van der Waals surface area contributed by atoms with E-state index in [-0.39, 0.29) is 0 Å². The molecular weight excluding hydrogens is 459 g/mol. The third-order valence-corrected chi connectivity index (χ3v) is 16.9. The summed E-state index contributed by atoms with van der Waals surface area (Å²) in [4.78, 5) is 12.1. The van der Waals surface area contributed by atoms with Crippen LogP contribution in [0.15, 0.2) is 24.3 Å². The van der Waals surface area contributed by atoms with Crippen LogP contribution in [0.5, 0.6) is 0 Å². The molecule has 2 rings (SSSR count). The van der Waals surface area contributed by atoms with Gasteiger partial charge in [0.25, 0.3) is 0 Å². The summed E-state index contributed by atoms with van der Waals surface area (Å²) in [7, 11) is 0. The molecule has 0 aliphatic heterocycles. The van der Waals surface area contributed by atoms with Crippen LogP contribution in [0.3, 0.4) is 0 Å². The number of hydrogen-bond acceptors (Lipinski definition) is 2. The third-order valence-electron chi connectivity index (χ3n) is 5.03. The molecule has 0 amide bonds. The molecule has 0 atom stereocenters. The molecule has 2 aromatic rings. The van der Waals surface area contributed by atoms with Crippen molar-refractivity contribution in [1.29, 1.82) is 0 Å². The first-order valence-electron chi connectivity index (χ1n) is 10.7. The summed E-state index contributed by atoms with van der Waals surface area (Å²) in [6, 6.07) is 9.48. The average molecular weight is 497 g/mol. The Labute approximate surface area is 174 Å². The number of hydrogen-bond donors (Lipinski definition) is 0. The van der Waals surface area contributed by atoms with Crippen molar-refractivity contribution in [2.75, 3.05) is 0 Å². The fourth-order valence-corrected chi connectivity index (χ4v) is 10.7. The Morgan fingerprint density at radius 1 is 0.654 bits per heavy atom. The zero-order valence-corrected chi connectivity index (χ0v) is 21.9. The Morgan fingerprint density at radius 3 is 1.77 bits per heavy atom. The summed E-state index contributed by atoms with van der Waals surface area (Å²) in [5.74, 6) is 0. The minimum absolute atomic E-state index is 1.28. The minimum atomic E-state index is -1.89. The first-order chi connectivity index (χ1) is 12.5. The molecule has 26 heavy (non-hydrogen) atoms. The van der Waals surface area contributed by atoms with Crippen LogP contribution >= 0.6 is 22.7 Å². The van der Waals surface area contributed by atoms with E-state index in [2.05, 4.69) is 57.3 Å². The van der Waals surface area contributed by atoms with Crippen molar-refractivity contribution < 1.29 is 0 Å². The maximum atomic E-state index is 2.51. The maximum absolute atomic E-state index is 2.51. The van der Waals surface area contributed by atoms with Crippen molar-refractivity contribution in [1.82, 2.24) is 0 Å². The van der Waals surface area contributed by atoms with Gasteiger partial charge in [-0.15, -0.1) is 0 Å². The Balaban J connectivity index is 1.62. The molecule has 0 spiro atoms. The van der Waals surface area contributed by atoms with E-state index in [1.54, 1.807) is 7.77 Å². The van der Waals surface area contributed by atoms with Crippen molar-refractivity contribution in [3.63, 3.8) is 0 Å². The zero-order valence-electron chi connectivity index (χ0n) is 17.4. The van der Waals surface area contributed by atoms with Crippen LogP contribution in [-0.2, 0) is 6.42 Å². The molecule has 0 aliphatic rings. The average Bonchev–Trinajstić information content (AvgIpc) is 3.25. The topological polar surface area (TPSA) is 0 Å². The fourth-order valence-electron chi connectivity index (χ4n) is 3.30. The van der Waals surface area contributed by atoms with Crippen molar-refractivity contribution in [2.45, 2.75) is 92.4 Å². The molecule has 0 aliphatic carbocycles. The Hall–Kier alpha value is 0.199. The van der Waals surface area contributed by atoms with E-state index in [9.17, 15) is 0 Å². The number of thiophene rings is 2. The van der Waals surface area contributed by atoms with E-state index in [4.69, 9.17) is 0 Å². The van der Waals surface area contributed by atoms with Gasteiger partial charge in [-0.25, -0.2) is 0 Å². The van der Waals surface area contributed by atoms with Gasteiger partial charge in [-0.1, -0.05) is 39.0 Å². The van der Waals surface area contributed by atoms with Crippen LogP contribution in [0, 0.1) is 0 Å². The first kappa shape index (κ1) is 22.5. The van der Waals surface area contributed by atoms with Crippen LogP contribution in [0.25, 0.3) is 9.75 Å². The molecule has 0 unspecified atom stereocenters. The predicted molar refractivity (Wildman–Crippen MR) is 126 cm³/mol. The Kier molecular flexibility index (Phi) is 10.3. The normalized spacial score (nSPS) is 12.0. The fraction of sp³-hybridized carbons (Fsp3) is 0.652. The van der Waals surface area contributed by atoms with Crippen LogP contribution in [0.2, 0.25) is 14.8 Å². The van der Waals surface area contributed by atoms with Gasteiger partial charge in [0.2, 0.25) is 0 Å². The van der Waals surface area contributed by atoms with Crippen molar-refractivity contribution in [3.8, 4) is 9.75 Å². The SMILES string of the molecule is CCCCCCCCCCCCc1ccc(-c2cc[c]([Sn]([CH3])([CH3])[CH3])s2)s1. The Morgan fingerprint density at radius 2 is 1.19 bits per heavy atom. The summed E-state index contributed by atoms with van der Waals surface area (Å²) in [6.45, 7) is 2.29. The Bertz CT molecular complexity index is 618. The molecule has 2 heterocycles. The summed E-state index contributed by atoms with van der Waals surface area (Å²) in [5, 5.41) is 0. The quantitative estimate of drug-likeness (QED) is 0.192. The van der Waals surface area contributed by atoms with E-state index in [0.29, 0.717) is 0 Å². The molecule has 0 N–H and O–H groups in total. The molecule has 0 aromatic carbocycles. The molecule has 2 aromatic heterocycles. The summed E-state index contributed by atoms with van der Waals surface area (Å²) in [6.07, 6.45) is 15.5. The third kappa shape index (κ3) is 8.06. The second-order valence-electron chi connectivity index (χ2n) is 8.61. The van der Waals surface area contributed by atoms with Gasteiger partial charge in [-0.05, 0) is 0 Å². The molecule has 0 saturated heterocycles. The zero-order chi connectivity index (χ0) is 18.8. The van der Waals surface area contributed by atoms with Gasteiger partial charge in [-0.3, -0.25) is 0 Å². The van der Waals surface area contributed by atoms with Crippen LogP contribution in [-0.4, -0.2) is 18.4 Å². The molecule has 146 valence electrons. The second kappa shape index (κ2) is 11.9. The molecule has 0 radical (unpaired) electrons. The molecule has 0 fully saturated rings. The second-order valence-corrected chi connectivity index (χ2v) is 26.3. The van der Waals surface area contributed by atoms with E-state index in [1.165, 1.54) is 80.4 Å². The monoisotopic (exact) mass is 498 g/mol. The summed E-state index contributed by atoms with van der Waals surface area (Å²) >= 11 is 2.19. The van der Waals surface area contributed by atoms with Gasteiger partial charge in [0.1, 0.15) is 0 Å². The number of unbranched alkanes of at least 4 members (excludes halogenated alkanes) is 9. The van der Waals surface area contributed by atoms with Gasteiger partial charge in [0, 0.05) is 0 Å².